The highest BCUT2D eigenvalue weighted by Gasteiger charge is 2.35. The minimum absolute atomic E-state index is 0.155. The molecular formula is C26H50N6O4. The SMILES string of the molecule is CC(C)CC1NC(=O)[C@H](CC(C)C)N(C)C(=O)NC(CC(C)C)NC(=O)[C@H](CC(C)C)N(C)C(=O)N1. The smallest absolute Gasteiger partial charge is 0.319 e. The maximum Gasteiger partial charge on any atom is 0.319 e. The molecule has 10 nitrogen and oxygen atoms in total. The van der Waals surface area contributed by atoms with Crippen LogP contribution in [0.1, 0.15) is 81.1 Å². The van der Waals surface area contributed by atoms with Crippen molar-refractivity contribution in [2.75, 3.05) is 14.1 Å². The number of carbonyl (C=O) groups is 4. The Bertz CT molecular complexity index is 693. The van der Waals surface area contributed by atoms with E-state index in [1.165, 1.54) is 9.80 Å². The molecule has 1 aliphatic rings. The molecule has 0 radical (unpaired) electrons. The number of amides is 6. The standard InChI is InChI=1S/C26H50N6O4/c1-15(2)11-19-23(33)27-21(13-17(5)6)30-26(36)32(10)20(12-16(3)4)24(34)28-22(14-18(7)8)29-25(35)31(19)9/h15-22H,11-14H2,1-10H3,(H,27,33)(H,28,34)(H,29,35)(H,30,36)/t19-,20-,21?,22?/m0/s1. The number of carbonyl (C=O) groups excluding carboxylic acids is 4. The molecule has 1 rings (SSSR count). The molecule has 1 fully saturated rings. The van der Waals surface area contributed by atoms with Gasteiger partial charge in [0.25, 0.3) is 0 Å². The van der Waals surface area contributed by atoms with E-state index in [1.807, 2.05) is 55.4 Å². The van der Waals surface area contributed by atoms with E-state index in [1.54, 1.807) is 14.1 Å². The Hall–Kier alpha value is -2.52. The van der Waals surface area contributed by atoms with Crippen molar-refractivity contribution in [2.45, 2.75) is 105 Å². The van der Waals surface area contributed by atoms with E-state index in [4.69, 9.17) is 0 Å². The Labute approximate surface area is 217 Å². The fraction of sp³-hybridized carbons (Fsp3) is 0.846. The number of likely N-dealkylation sites (N-methyl/N-ethyl adjacent to an activating group) is 2. The molecule has 1 aliphatic heterocycles. The van der Waals surface area contributed by atoms with Crippen molar-refractivity contribution in [3.63, 3.8) is 0 Å². The predicted octanol–water partition coefficient (Wildman–Crippen LogP) is 3.09. The maximum absolute atomic E-state index is 13.4. The molecule has 4 N–H and O–H groups in total. The van der Waals surface area contributed by atoms with Crippen molar-refractivity contribution in [1.29, 1.82) is 0 Å². The van der Waals surface area contributed by atoms with Gasteiger partial charge in [0.15, 0.2) is 0 Å². The minimum atomic E-state index is -0.735. The summed E-state index contributed by atoms with van der Waals surface area (Å²) in [6.07, 6.45) is 0.641. The lowest BCUT2D eigenvalue weighted by atomic mass is 10.0. The molecule has 0 aromatic rings. The zero-order valence-electron chi connectivity index (χ0n) is 24.0. The van der Waals surface area contributed by atoms with Crippen LogP contribution in [-0.4, -0.2) is 72.2 Å². The Morgan fingerprint density at radius 1 is 0.528 bits per heavy atom. The molecule has 208 valence electrons. The van der Waals surface area contributed by atoms with E-state index < -0.39 is 36.5 Å². The van der Waals surface area contributed by atoms with Crippen molar-refractivity contribution in [2.24, 2.45) is 23.7 Å². The lowest BCUT2D eigenvalue weighted by Gasteiger charge is -2.36. The number of nitrogens with zero attached hydrogens (tertiary/aromatic N) is 2. The lowest BCUT2D eigenvalue weighted by Crippen LogP contribution is -2.63. The largest absolute Gasteiger partial charge is 0.334 e. The van der Waals surface area contributed by atoms with Gasteiger partial charge >= 0.3 is 12.1 Å². The van der Waals surface area contributed by atoms with E-state index in [0.717, 1.165) is 0 Å². The highest BCUT2D eigenvalue weighted by Crippen LogP contribution is 2.16. The summed E-state index contributed by atoms with van der Waals surface area (Å²) in [6.45, 7) is 16.0. The first-order chi connectivity index (χ1) is 16.6. The molecule has 10 heteroatoms. The summed E-state index contributed by atoms with van der Waals surface area (Å²) < 4.78 is 0. The number of rotatable bonds is 8. The second kappa shape index (κ2) is 14.3. The van der Waals surface area contributed by atoms with Crippen LogP contribution < -0.4 is 21.3 Å². The van der Waals surface area contributed by atoms with Gasteiger partial charge in [-0.05, 0) is 49.4 Å². The van der Waals surface area contributed by atoms with Crippen LogP contribution in [0.4, 0.5) is 9.59 Å². The molecule has 0 aromatic carbocycles. The van der Waals surface area contributed by atoms with Crippen LogP contribution in [0, 0.1) is 23.7 Å². The van der Waals surface area contributed by atoms with Crippen molar-refractivity contribution < 1.29 is 19.2 Å². The molecule has 0 spiro atoms. The topological polar surface area (TPSA) is 123 Å². The van der Waals surface area contributed by atoms with Crippen LogP contribution in [-0.2, 0) is 9.59 Å². The molecule has 2 unspecified atom stereocenters. The van der Waals surface area contributed by atoms with E-state index in [-0.39, 0.29) is 35.5 Å². The van der Waals surface area contributed by atoms with Gasteiger partial charge in [0, 0.05) is 14.1 Å². The first-order valence-electron chi connectivity index (χ1n) is 13.3. The fourth-order valence-corrected chi connectivity index (χ4v) is 4.35. The van der Waals surface area contributed by atoms with Crippen molar-refractivity contribution in [3.8, 4) is 0 Å². The van der Waals surface area contributed by atoms with Crippen LogP contribution in [0.25, 0.3) is 0 Å². The summed E-state index contributed by atoms with van der Waals surface area (Å²) in [7, 11) is 3.18. The van der Waals surface area contributed by atoms with Gasteiger partial charge < -0.3 is 31.1 Å². The summed E-state index contributed by atoms with van der Waals surface area (Å²) in [6, 6.07) is -2.34. The number of hydrogen-bond acceptors (Lipinski definition) is 4. The Kier molecular flexibility index (Phi) is 12.5. The average Bonchev–Trinajstić information content (AvgIpc) is 2.72. The van der Waals surface area contributed by atoms with E-state index in [0.29, 0.717) is 25.7 Å². The third-order valence-electron chi connectivity index (χ3n) is 6.21. The predicted molar refractivity (Wildman–Crippen MR) is 142 cm³/mol. The number of nitrogens with one attached hydrogen (secondary N) is 4. The fourth-order valence-electron chi connectivity index (χ4n) is 4.35. The van der Waals surface area contributed by atoms with Crippen LogP contribution in [0.3, 0.4) is 0 Å². The summed E-state index contributed by atoms with van der Waals surface area (Å²) in [4.78, 5) is 56.1. The van der Waals surface area contributed by atoms with Gasteiger partial charge in [-0.1, -0.05) is 55.4 Å². The second-order valence-electron chi connectivity index (χ2n) is 11.8. The van der Waals surface area contributed by atoms with Crippen LogP contribution in [0.5, 0.6) is 0 Å². The first kappa shape index (κ1) is 31.5. The molecule has 1 heterocycles. The van der Waals surface area contributed by atoms with Crippen molar-refractivity contribution in [3.05, 3.63) is 0 Å². The second-order valence-corrected chi connectivity index (χ2v) is 11.8. The first-order valence-corrected chi connectivity index (χ1v) is 13.3. The zero-order valence-corrected chi connectivity index (χ0v) is 24.0. The van der Waals surface area contributed by atoms with Gasteiger partial charge in [0.2, 0.25) is 11.8 Å². The Balaban J connectivity index is 3.47. The van der Waals surface area contributed by atoms with E-state index in [2.05, 4.69) is 21.3 Å². The third-order valence-corrected chi connectivity index (χ3v) is 6.21. The van der Waals surface area contributed by atoms with Crippen LogP contribution in [0.2, 0.25) is 0 Å². The normalized spacial score (nSPS) is 25.2. The molecule has 0 bridgehead atoms. The van der Waals surface area contributed by atoms with Crippen LogP contribution >= 0.6 is 0 Å². The minimum Gasteiger partial charge on any atom is -0.334 e. The van der Waals surface area contributed by atoms with E-state index >= 15 is 0 Å². The molecular weight excluding hydrogens is 460 g/mol. The van der Waals surface area contributed by atoms with Gasteiger partial charge in [0.1, 0.15) is 24.4 Å². The summed E-state index contributed by atoms with van der Waals surface area (Å²) in [5.41, 5.74) is 0. The molecule has 36 heavy (non-hydrogen) atoms. The number of urea groups is 2. The summed E-state index contributed by atoms with van der Waals surface area (Å²) in [5.74, 6) is 0.0430. The van der Waals surface area contributed by atoms with Gasteiger partial charge in [-0.25, -0.2) is 9.59 Å². The molecule has 1 saturated heterocycles. The highest BCUT2D eigenvalue weighted by molar-refractivity contribution is 5.90. The highest BCUT2D eigenvalue weighted by atomic mass is 16.2. The van der Waals surface area contributed by atoms with Gasteiger partial charge in [0.05, 0.1) is 0 Å². The molecule has 0 saturated carbocycles. The van der Waals surface area contributed by atoms with E-state index in [9.17, 15) is 19.2 Å². The molecule has 0 aliphatic carbocycles. The van der Waals surface area contributed by atoms with Crippen molar-refractivity contribution >= 4 is 23.9 Å². The summed E-state index contributed by atoms with van der Waals surface area (Å²) >= 11 is 0. The summed E-state index contributed by atoms with van der Waals surface area (Å²) in [5, 5.41) is 11.7. The molecule has 6 amide bonds. The number of hydrogen-bond donors (Lipinski definition) is 4. The molecule has 4 atom stereocenters. The van der Waals surface area contributed by atoms with Gasteiger partial charge in [-0.15, -0.1) is 0 Å². The van der Waals surface area contributed by atoms with Gasteiger partial charge in [-0.2, -0.15) is 0 Å². The van der Waals surface area contributed by atoms with Gasteiger partial charge in [-0.3, -0.25) is 9.59 Å². The van der Waals surface area contributed by atoms with Crippen molar-refractivity contribution in [1.82, 2.24) is 31.1 Å². The Morgan fingerprint density at radius 3 is 1.06 bits per heavy atom. The quantitative estimate of drug-likeness (QED) is 0.401. The Morgan fingerprint density at radius 2 is 0.806 bits per heavy atom. The zero-order chi connectivity index (χ0) is 27.7. The maximum atomic E-state index is 13.4. The average molecular weight is 511 g/mol. The monoisotopic (exact) mass is 510 g/mol. The molecule has 0 aromatic heterocycles. The van der Waals surface area contributed by atoms with Crippen LogP contribution in [0.15, 0.2) is 0 Å². The lowest BCUT2D eigenvalue weighted by molar-refractivity contribution is -0.128. The third kappa shape index (κ3) is 10.2.